The number of carbonyl (C=O) groups is 2. The van der Waals surface area contributed by atoms with E-state index in [1.54, 1.807) is 16.9 Å². The molecule has 2 saturated carbocycles. The Morgan fingerprint density at radius 2 is 1.79 bits per heavy atom. The van der Waals surface area contributed by atoms with E-state index < -0.39 is 5.97 Å². The van der Waals surface area contributed by atoms with Crippen molar-refractivity contribution in [3.05, 3.63) is 15.8 Å². The van der Waals surface area contributed by atoms with Crippen molar-refractivity contribution >= 4 is 45.8 Å². The lowest BCUT2D eigenvalue weighted by Crippen LogP contribution is -2.47. The zero-order valence-corrected chi connectivity index (χ0v) is 25.0. The minimum atomic E-state index is -0.994. The summed E-state index contributed by atoms with van der Waals surface area (Å²) in [7, 11) is 3.83. The predicted octanol–water partition coefficient (Wildman–Crippen LogP) is 5.62. The van der Waals surface area contributed by atoms with E-state index in [1.807, 2.05) is 50.8 Å². The van der Waals surface area contributed by atoms with E-state index in [0.717, 1.165) is 56.5 Å². The molecule has 0 unspecified atom stereocenters. The summed E-state index contributed by atoms with van der Waals surface area (Å²) in [5.74, 6) is 6.08. The van der Waals surface area contributed by atoms with E-state index in [1.165, 1.54) is 11.3 Å². The lowest BCUT2D eigenvalue weighted by Gasteiger charge is -2.39. The molecule has 2 heterocycles. The standard InChI is InChI=1S/C28H41N5O3S2/c1-18-7-9-19(10-8-18)25(34)33(23-17-22(15-16-28(2,3)4)37-24(23)26(35)36)20-11-13-21(14-12-20)38-27-29-32(6)30-31(27)5/h17-21,30H,7-14H2,1-6H3,(H,35,36)/t18-,19-,20-,21+. The Balaban J connectivity index is 1.59. The monoisotopic (exact) mass is 559 g/mol. The maximum atomic E-state index is 14.1. The fraction of sp³-hybridized carbons (Fsp3) is 0.679. The number of nitrogens with one attached hydrogen (secondary N) is 1. The largest absolute Gasteiger partial charge is 0.477 e. The second-order valence-corrected chi connectivity index (χ2v) is 14.2. The van der Waals surface area contributed by atoms with Gasteiger partial charge in [0.15, 0.2) is 0 Å². The third kappa shape index (κ3) is 7.04. The van der Waals surface area contributed by atoms with Gasteiger partial charge in [-0.05, 0) is 84.1 Å². The average molecular weight is 560 g/mol. The number of hydrogen-bond donors (Lipinski definition) is 2. The molecule has 4 rings (SSSR count). The van der Waals surface area contributed by atoms with E-state index >= 15 is 0 Å². The highest BCUT2D eigenvalue weighted by molar-refractivity contribution is 8.14. The number of thiophene rings is 1. The summed E-state index contributed by atoms with van der Waals surface area (Å²) in [4.78, 5) is 29.3. The van der Waals surface area contributed by atoms with Gasteiger partial charge in [0.25, 0.3) is 0 Å². The van der Waals surface area contributed by atoms with Crippen LogP contribution in [-0.4, -0.2) is 57.7 Å². The number of thioether (sulfide) groups is 1. The maximum absolute atomic E-state index is 14.1. The molecule has 10 heteroatoms. The summed E-state index contributed by atoms with van der Waals surface area (Å²) >= 11 is 2.95. The van der Waals surface area contributed by atoms with E-state index in [2.05, 4.69) is 29.4 Å². The summed E-state index contributed by atoms with van der Waals surface area (Å²) in [6, 6.07) is 1.83. The van der Waals surface area contributed by atoms with Crippen LogP contribution in [-0.2, 0) is 4.79 Å². The number of amidine groups is 1. The van der Waals surface area contributed by atoms with E-state index in [0.29, 0.717) is 21.7 Å². The smallest absolute Gasteiger partial charge is 0.348 e. The van der Waals surface area contributed by atoms with Crippen LogP contribution in [0.15, 0.2) is 11.2 Å². The molecule has 1 aromatic rings. The van der Waals surface area contributed by atoms with Gasteiger partial charge in [-0.1, -0.05) is 30.5 Å². The van der Waals surface area contributed by atoms with Gasteiger partial charge in [-0.15, -0.1) is 22.0 Å². The van der Waals surface area contributed by atoms with Gasteiger partial charge >= 0.3 is 5.97 Å². The molecule has 1 amide bonds. The highest BCUT2D eigenvalue weighted by Gasteiger charge is 2.38. The van der Waals surface area contributed by atoms with Crippen LogP contribution in [0.5, 0.6) is 0 Å². The summed E-state index contributed by atoms with van der Waals surface area (Å²) in [5.41, 5.74) is 3.46. The Morgan fingerprint density at radius 3 is 2.34 bits per heavy atom. The van der Waals surface area contributed by atoms with Crippen molar-refractivity contribution < 1.29 is 14.7 Å². The van der Waals surface area contributed by atoms with Crippen LogP contribution >= 0.6 is 23.1 Å². The topological polar surface area (TPSA) is 88.5 Å². The number of hydrazone groups is 1. The number of aromatic carboxylic acids is 1. The van der Waals surface area contributed by atoms with Crippen molar-refractivity contribution in [3.8, 4) is 11.8 Å². The fourth-order valence-corrected chi connectivity index (χ4v) is 7.39. The molecular weight excluding hydrogens is 518 g/mol. The number of carbonyl (C=O) groups excluding carboxylic acids is 1. The third-order valence-corrected chi connectivity index (χ3v) is 9.83. The number of carboxylic acids is 1. The van der Waals surface area contributed by atoms with Gasteiger partial charge < -0.3 is 10.0 Å². The second-order valence-electron chi connectivity index (χ2n) is 11.9. The van der Waals surface area contributed by atoms with Crippen LogP contribution in [0.2, 0.25) is 0 Å². The Bertz CT molecular complexity index is 1120. The zero-order valence-electron chi connectivity index (χ0n) is 23.4. The quantitative estimate of drug-likeness (QED) is 0.453. The molecule has 2 aliphatic carbocycles. The van der Waals surface area contributed by atoms with Gasteiger partial charge in [-0.25, -0.2) is 9.91 Å². The number of hydrazine groups is 2. The highest BCUT2D eigenvalue weighted by Crippen LogP contribution is 2.40. The van der Waals surface area contributed by atoms with Crippen LogP contribution in [0.4, 0.5) is 5.69 Å². The van der Waals surface area contributed by atoms with E-state index in [-0.39, 0.29) is 28.2 Å². The zero-order chi connectivity index (χ0) is 27.6. The molecule has 0 radical (unpaired) electrons. The first-order valence-electron chi connectivity index (χ1n) is 13.6. The average Bonchev–Trinajstić information content (AvgIpc) is 3.41. The molecule has 0 atom stereocenters. The molecule has 208 valence electrons. The number of anilines is 1. The van der Waals surface area contributed by atoms with Crippen molar-refractivity contribution in [3.63, 3.8) is 0 Å². The van der Waals surface area contributed by atoms with E-state index in [4.69, 9.17) is 0 Å². The van der Waals surface area contributed by atoms with Gasteiger partial charge in [0.05, 0.1) is 10.6 Å². The van der Waals surface area contributed by atoms with Crippen LogP contribution in [0.1, 0.15) is 93.6 Å². The number of hydrogen-bond acceptors (Lipinski definition) is 8. The third-order valence-electron chi connectivity index (χ3n) is 7.43. The van der Waals surface area contributed by atoms with Crippen molar-refractivity contribution in [1.82, 2.24) is 15.7 Å². The number of carboxylic acid groups (broad SMARTS) is 1. The van der Waals surface area contributed by atoms with Crippen LogP contribution in [0, 0.1) is 29.1 Å². The van der Waals surface area contributed by atoms with Crippen molar-refractivity contribution in [2.45, 2.75) is 90.4 Å². The molecule has 3 aliphatic rings. The normalized spacial score (nSPS) is 26.0. The Kier molecular flexibility index (Phi) is 9.00. The van der Waals surface area contributed by atoms with E-state index in [9.17, 15) is 14.7 Å². The molecule has 0 spiro atoms. The van der Waals surface area contributed by atoms with Gasteiger partial charge in [0.2, 0.25) is 11.1 Å². The molecule has 1 aliphatic heterocycles. The minimum absolute atomic E-state index is 0.0149. The van der Waals surface area contributed by atoms with Gasteiger partial charge in [0.1, 0.15) is 4.88 Å². The molecule has 0 saturated heterocycles. The van der Waals surface area contributed by atoms with Crippen molar-refractivity contribution in [2.24, 2.45) is 22.4 Å². The van der Waals surface area contributed by atoms with Crippen LogP contribution in [0.25, 0.3) is 0 Å². The molecule has 0 aromatic carbocycles. The molecule has 2 fully saturated rings. The molecule has 1 aromatic heterocycles. The van der Waals surface area contributed by atoms with Gasteiger partial charge in [0, 0.05) is 36.7 Å². The Labute approximate surface area is 235 Å². The van der Waals surface area contributed by atoms with Crippen LogP contribution < -0.4 is 10.4 Å². The number of amides is 1. The maximum Gasteiger partial charge on any atom is 0.348 e. The fourth-order valence-electron chi connectivity index (χ4n) is 5.37. The molecule has 0 bridgehead atoms. The van der Waals surface area contributed by atoms with Crippen molar-refractivity contribution in [2.75, 3.05) is 19.0 Å². The first kappa shape index (κ1) is 28.8. The van der Waals surface area contributed by atoms with Gasteiger partial charge in [-0.3, -0.25) is 9.80 Å². The highest BCUT2D eigenvalue weighted by atomic mass is 32.2. The van der Waals surface area contributed by atoms with Crippen LogP contribution in [0.3, 0.4) is 0 Å². The molecule has 2 N–H and O–H groups in total. The minimum Gasteiger partial charge on any atom is -0.477 e. The lowest BCUT2D eigenvalue weighted by atomic mass is 9.81. The molecule has 38 heavy (non-hydrogen) atoms. The van der Waals surface area contributed by atoms with Gasteiger partial charge in [-0.2, -0.15) is 0 Å². The Hall–Kier alpha value is -2.22. The lowest BCUT2D eigenvalue weighted by molar-refractivity contribution is -0.124. The summed E-state index contributed by atoms with van der Waals surface area (Å²) in [6.07, 6.45) is 7.40. The summed E-state index contributed by atoms with van der Waals surface area (Å²) in [5, 5.41) is 19.6. The molecule has 8 nitrogen and oxygen atoms in total. The summed E-state index contributed by atoms with van der Waals surface area (Å²) in [6.45, 7) is 8.35. The Morgan fingerprint density at radius 1 is 1.13 bits per heavy atom. The molecular formula is C28H41N5O3S2. The van der Waals surface area contributed by atoms with Crippen molar-refractivity contribution in [1.29, 1.82) is 0 Å². The SMILES string of the molecule is CN1N=C(S[C@H]2CC[C@@H](N(c3cc(C#CC(C)(C)C)sc3C(=O)O)C(=O)[C@H]3CC[C@H](C)CC3)CC2)N(C)N1. The number of nitrogens with zero attached hydrogens (tertiary/aromatic N) is 4. The first-order chi connectivity index (χ1) is 17.9. The summed E-state index contributed by atoms with van der Waals surface area (Å²) < 4.78 is 0. The predicted molar refractivity (Wildman–Crippen MR) is 156 cm³/mol. The first-order valence-corrected chi connectivity index (χ1v) is 15.3. The number of rotatable bonds is 5. The second kappa shape index (κ2) is 11.9.